The van der Waals surface area contributed by atoms with Crippen molar-refractivity contribution in [3.05, 3.63) is 28.7 Å². The van der Waals surface area contributed by atoms with Crippen molar-refractivity contribution in [2.75, 3.05) is 0 Å². The molecule has 0 spiro atoms. The van der Waals surface area contributed by atoms with E-state index in [2.05, 4.69) is 4.98 Å². The number of halogens is 3. The van der Waals surface area contributed by atoms with Gasteiger partial charge in [-0.05, 0) is 13.0 Å². The molecule has 1 heterocycles. The Bertz CT molecular complexity index is 545. The van der Waals surface area contributed by atoms with Gasteiger partial charge in [-0.1, -0.05) is 0 Å². The smallest absolute Gasteiger partial charge is 0.328 e. The van der Waals surface area contributed by atoms with E-state index in [1.54, 1.807) is 0 Å². The fourth-order valence-electron chi connectivity index (χ4n) is 1.29. The van der Waals surface area contributed by atoms with Crippen molar-refractivity contribution in [2.45, 2.75) is 30.5 Å². The van der Waals surface area contributed by atoms with E-state index in [1.165, 1.54) is 0 Å². The Balaban J connectivity index is 2.82. The van der Waals surface area contributed by atoms with Gasteiger partial charge in [-0.25, -0.2) is 13.1 Å². The van der Waals surface area contributed by atoms with Crippen LogP contribution >= 0.6 is 0 Å². The van der Waals surface area contributed by atoms with Gasteiger partial charge in [0.25, 0.3) is 0 Å². The first-order valence-corrected chi connectivity index (χ1v) is 6.36. The fraction of sp³-hybridized carbons (Fsp3) is 0.444. The van der Waals surface area contributed by atoms with Crippen molar-refractivity contribution >= 4 is 10.0 Å². The number of aromatic amines is 1. The zero-order chi connectivity index (χ0) is 14.0. The van der Waals surface area contributed by atoms with Gasteiger partial charge in [0.05, 0.1) is 11.3 Å². The van der Waals surface area contributed by atoms with Crippen molar-refractivity contribution in [1.29, 1.82) is 0 Å². The van der Waals surface area contributed by atoms with Crippen LogP contribution < -0.4 is 10.3 Å². The maximum absolute atomic E-state index is 12.1. The van der Waals surface area contributed by atoms with Crippen LogP contribution in [0.3, 0.4) is 0 Å². The first kappa shape index (κ1) is 14.7. The molecule has 18 heavy (non-hydrogen) atoms. The topological polar surface area (TPSA) is 79.0 Å². The number of aromatic nitrogens is 1. The molecular formula is C9H11F3N2O3S. The van der Waals surface area contributed by atoms with Crippen LogP contribution in [0, 0.1) is 0 Å². The van der Waals surface area contributed by atoms with Gasteiger partial charge in [0, 0.05) is 18.3 Å². The molecule has 1 rings (SSSR count). The monoisotopic (exact) mass is 284 g/mol. The third kappa shape index (κ3) is 4.49. The minimum Gasteiger partial charge on any atom is -0.328 e. The molecule has 1 aromatic rings. The molecule has 0 aromatic carbocycles. The van der Waals surface area contributed by atoms with E-state index in [-0.39, 0.29) is 4.90 Å². The van der Waals surface area contributed by atoms with Gasteiger partial charge in [0.15, 0.2) is 0 Å². The van der Waals surface area contributed by atoms with Gasteiger partial charge < -0.3 is 4.98 Å². The van der Waals surface area contributed by atoms with Crippen LogP contribution in [0.5, 0.6) is 0 Å². The summed E-state index contributed by atoms with van der Waals surface area (Å²) in [6.07, 6.45) is -4.80. The fourth-order valence-corrected chi connectivity index (χ4v) is 2.50. The average molecular weight is 284 g/mol. The van der Waals surface area contributed by atoms with Gasteiger partial charge in [0.1, 0.15) is 0 Å². The van der Waals surface area contributed by atoms with Crippen LogP contribution in [-0.2, 0) is 10.0 Å². The highest BCUT2D eigenvalue weighted by atomic mass is 32.2. The number of nitrogens with one attached hydrogen (secondary N) is 2. The summed E-state index contributed by atoms with van der Waals surface area (Å²) >= 11 is 0. The minimum absolute atomic E-state index is 0.295. The maximum Gasteiger partial charge on any atom is 0.390 e. The average Bonchev–Trinajstić information content (AvgIpc) is 2.13. The van der Waals surface area contributed by atoms with Gasteiger partial charge in [-0.15, -0.1) is 0 Å². The summed E-state index contributed by atoms with van der Waals surface area (Å²) in [6, 6.07) is 0.701. The molecule has 5 nitrogen and oxygen atoms in total. The second kappa shape index (κ2) is 5.11. The van der Waals surface area contributed by atoms with Crippen molar-refractivity contribution in [2.24, 2.45) is 0 Å². The lowest BCUT2D eigenvalue weighted by atomic mass is 10.2. The third-order valence-corrected chi connectivity index (χ3v) is 3.55. The molecule has 0 aliphatic heterocycles. The van der Waals surface area contributed by atoms with Gasteiger partial charge >= 0.3 is 6.18 Å². The van der Waals surface area contributed by atoms with Gasteiger partial charge in [-0.2, -0.15) is 13.2 Å². The maximum atomic E-state index is 12.1. The highest BCUT2D eigenvalue weighted by Crippen LogP contribution is 2.22. The summed E-state index contributed by atoms with van der Waals surface area (Å²) in [5.41, 5.74) is -0.503. The molecule has 1 unspecified atom stereocenters. The van der Waals surface area contributed by atoms with Crippen molar-refractivity contribution in [1.82, 2.24) is 9.71 Å². The van der Waals surface area contributed by atoms with E-state index in [0.717, 1.165) is 25.3 Å². The first-order chi connectivity index (χ1) is 8.10. The molecule has 0 aliphatic carbocycles. The quantitative estimate of drug-likeness (QED) is 0.865. The second-order valence-corrected chi connectivity index (χ2v) is 5.44. The number of hydrogen-bond donors (Lipinski definition) is 2. The highest BCUT2D eigenvalue weighted by molar-refractivity contribution is 7.89. The molecule has 102 valence electrons. The van der Waals surface area contributed by atoms with Crippen LogP contribution in [0.2, 0.25) is 0 Å². The Hall–Kier alpha value is -1.35. The van der Waals surface area contributed by atoms with Crippen LogP contribution in [0.4, 0.5) is 13.2 Å². The van der Waals surface area contributed by atoms with Crippen LogP contribution in [0.15, 0.2) is 28.0 Å². The molecule has 0 saturated heterocycles. The lowest BCUT2D eigenvalue weighted by Gasteiger charge is -2.15. The van der Waals surface area contributed by atoms with Gasteiger partial charge in [-0.3, -0.25) is 4.79 Å². The summed E-state index contributed by atoms with van der Waals surface area (Å²) in [5, 5.41) is 0. The number of alkyl halides is 3. The molecule has 0 amide bonds. The SMILES string of the molecule is CC(CC(F)(F)F)NS(=O)(=O)c1ccc(=O)[nH]c1. The molecule has 9 heteroatoms. The predicted octanol–water partition coefficient (Wildman–Crippen LogP) is 0.994. The largest absolute Gasteiger partial charge is 0.390 e. The summed E-state index contributed by atoms with van der Waals surface area (Å²) < 4.78 is 61.3. The molecular weight excluding hydrogens is 273 g/mol. The van der Waals surface area contributed by atoms with Crippen LogP contribution in [0.25, 0.3) is 0 Å². The van der Waals surface area contributed by atoms with Gasteiger partial charge in [0.2, 0.25) is 15.6 Å². The summed E-state index contributed by atoms with van der Waals surface area (Å²) in [5.74, 6) is 0. The molecule has 0 saturated carbocycles. The van der Waals surface area contributed by atoms with E-state index in [0.29, 0.717) is 0 Å². The number of sulfonamides is 1. The Morgan fingerprint density at radius 1 is 1.39 bits per heavy atom. The number of H-pyrrole nitrogens is 1. The zero-order valence-corrected chi connectivity index (χ0v) is 10.1. The Morgan fingerprint density at radius 2 is 2.00 bits per heavy atom. The predicted molar refractivity (Wildman–Crippen MR) is 57.5 cm³/mol. The third-order valence-electron chi connectivity index (χ3n) is 1.96. The summed E-state index contributed by atoms with van der Waals surface area (Å²) in [4.78, 5) is 12.6. The number of rotatable bonds is 4. The second-order valence-electron chi connectivity index (χ2n) is 3.73. The molecule has 0 bridgehead atoms. The normalized spacial score (nSPS) is 14.4. The summed E-state index contributed by atoms with van der Waals surface area (Å²) in [7, 11) is -4.07. The van der Waals surface area contributed by atoms with Crippen LogP contribution in [-0.4, -0.2) is 25.6 Å². The molecule has 0 fully saturated rings. The first-order valence-electron chi connectivity index (χ1n) is 4.88. The highest BCUT2D eigenvalue weighted by Gasteiger charge is 2.31. The van der Waals surface area contributed by atoms with Crippen molar-refractivity contribution in [3.8, 4) is 0 Å². The van der Waals surface area contributed by atoms with E-state index < -0.39 is 34.2 Å². The Kier molecular flexibility index (Phi) is 4.17. The molecule has 0 aliphatic rings. The Morgan fingerprint density at radius 3 is 2.44 bits per heavy atom. The zero-order valence-electron chi connectivity index (χ0n) is 9.28. The van der Waals surface area contributed by atoms with E-state index in [4.69, 9.17) is 0 Å². The number of hydrogen-bond acceptors (Lipinski definition) is 3. The van der Waals surface area contributed by atoms with E-state index in [9.17, 15) is 26.4 Å². The molecule has 0 radical (unpaired) electrons. The molecule has 1 atom stereocenters. The minimum atomic E-state index is -4.45. The lowest BCUT2D eigenvalue weighted by molar-refractivity contribution is -0.137. The van der Waals surface area contributed by atoms with Crippen LogP contribution in [0.1, 0.15) is 13.3 Å². The molecule has 1 aromatic heterocycles. The van der Waals surface area contributed by atoms with E-state index >= 15 is 0 Å². The van der Waals surface area contributed by atoms with Crippen molar-refractivity contribution in [3.63, 3.8) is 0 Å². The number of pyridine rings is 1. The molecule has 2 N–H and O–H groups in total. The lowest BCUT2D eigenvalue weighted by Crippen LogP contribution is -2.36. The van der Waals surface area contributed by atoms with Crippen molar-refractivity contribution < 1.29 is 21.6 Å². The van der Waals surface area contributed by atoms with E-state index in [1.807, 2.05) is 4.72 Å². The Labute approximate surface area is 101 Å². The summed E-state index contributed by atoms with van der Waals surface area (Å²) in [6.45, 7) is 1.11. The standard InChI is InChI=1S/C9H11F3N2O3S/c1-6(4-9(10,11)12)14-18(16,17)7-2-3-8(15)13-5-7/h2-3,5-6,14H,4H2,1H3,(H,13,15).